The van der Waals surface area contributed by atoms with Crippen molar-refractivity contribution in [2.75, 3.05) is 25.2 Å². The summed E-state index contributed by atoms with van der Waals surface area (Å²) in [4.78, 5) is 52.0. The fraction of sp³-hybridized carbons (Fsp3) is 0.417. The van der Waals surface area contributed by atoms with Crippen LogP contribution in [0.2, 0.25) is 0 Å². The molecule has 0 spiro atoms. The number of thiol groups is 1. The number of aliphatic hydroxyl groups excluding tert-OH is 2. The molecule has 1 aromatic rings. The molecule has 0 saturated carbocycles. The second kappa shape index (κ2) is 10.6. The predicted molar refractivity (Wildman–Crippen MR) is 149 cm³/mol. The number of carbonyl (C=O) groups is 4. The van der Waals surface area contributed by atoms with E-state index in [1.165, 1.54) is 11.0 Å². The van der Waals surface area contributed by atoms with Gasteiger partial charge in [0.15, 0.2) is 17.1 Å². The first-order valence-electron chi connectivity index (χ1n) is 11.3. The Hall–Kier alpha value is -2.39. The predicted octanol–water partition coefficient (Wildman–Crippen LogP) is 1.33. The molecular formula is C24H27Br2N3O8S. The zero-order valence-corrected chi connectivity index (χ0v) is 24.5. The SMILES string of the molecule is Br.CN(C)[C@@H]1C(O)=C(C(N)=O)C(=O)C2(O)C(O)=C3C(=O)c4c(ccc(NC(=O)C(Br)CS)c4O)CC3CC12. The molecule has 4 rings (SSSR count). The number of rotatable bonds is 5. The number of Topliss-reactive ketones (excluding diaryl/α,β-unsaturated/α-hetero) is 2. The van der Waals surface area contributed by atoms with Crippen molar-refractivity contribution >= 4 is 74.6 Å². The van der Waals surface area contributed by atoms with Crippen molar-refractivity contribution in [1.29, 1.82) is 0 Å². The third kappa shape index (κ3) is 4.35. The number of nitrogens with one attached hydrogen (secondary N) is 1. The van der Waals surface area contributed by atoms with E-state index in [0.29, 0.717) is 5.56 Å². The molecule has 0 bridgehead atoms. The van der Waals surface area contributed by atoms with Crippen LogP contribution in [0.15, 0.2) is 34.8 Å². The molecule has 3 aliphatic rings. The van der Waals surface area contributed by atoms with Gasteiger partial charge in [-0.25, -0.2) is 0 Å². The molecule has 3 aliphatic carbocycles. The first-order valence-corrected chi connectivity index (χ1v) is 12.9. The van der Waals surface area contributed by atoms with E-state index in [0.717, 1.165) is 0 Å². The van der Waals surface area contributed by atoms with Crippen LogP contribution in [0.1, 0.15) is 22.3 Å². The van der Waals surface area contributed by atoms with Crippen LogP contribution in [0.3, 0.4) is 0 Å². The van der Waals surface area contributed by atoms with Crippen molar-refractivity contribution in [3.63, 3.8) is 0 Å². The number of benzene rings is 1. The molecule has 206 valence electrons. The van der Waals surface area contributed by atoms with Crippen molar-refractivity contribution in [2.24, 2.45) is 17.6 Å². The van der Waals surface area contributed by atoms with Gasteiger partial charge in [0, 0.05) is 17.2 Å². The Morgan fingerprint density at radius 3 is 2.45 bits per heavy atom. The van der Waals surface area contributed by atoms with Gasteiger partial charge in [0.1, 0.15) is 21.9 Å². The maximum atomic E-state index is 13.6. The van der Waals surface area contributed by atoms with Crippen LogP contribution in [0, 0.1) is 11.8 Å². The molecule has 7 N–H and O–H groups in total. The van der Waals surface area contributed by atoms with Gasteiger partial charge in [0.05, 0.1) is 17.3 Å². The van der Waals surface area contributed by atoms with Crippen molar-refractivity contribution in [3.8, 4) is 5.75 Å². The number of halogens is 2. The second-order valence-electron chi connectivity index (χ2n) is 9.60. The fourth-order valence-corrected chi connectivity index (χ4v) is 5.90. The summed E-state index contributed by atoms with van der Waals surface area (Å²) in [7, 11) is 3.12. The number of carbonyl (C=O) groups excluding carboxylic acids is 4. The molecule has 38 heavy (non-hydrogen) atoms. The molecule has 0 fully saturated rings. The second-order valence-corrected chi connectivity index (χ2v) is 11.1. The lowest BCUT2D eigenvalue weighted by molar-refractivity contribution is -0.148. The van der Waals surface area contributed by atoms with Crippen molar-refractivity contribution in [3.05, 3.63) is 45.9 Å². The number of amides is 2. The Kier molecular flexibility index (Phi) is 8.45. The van der Waals surface area contributed by atoms with Crippen LogP contribution in [-0.2, 0) is 20.8 Å². The number of nitrogens with two attached hydrogens (primary N) is 1. The quantitative estimate of drug-likeness (QED) is 0.104. The molecule has 0 aliphatic heterocycles. The number of hydrogen-bond acceptors (Lipinski definition) is 10. The highest BCUT2D eigenvalue weighted by Gasteiger charge is 2.63. The van der Waals surface area contributed by atoms with Gasteiger partial charge in [-0.15, -0.1) is 17.0 Å². The van der Waals surface area contributed by atoms with Gasteiger partial charge in [-0.2, -0.15) is 12.6 Å². The number of anilines is 1. The van der Waals surface area contributed by atoms with Crippen LogP contribution in [0.4, 0.5) is 5.69 Å². The molecule has 11 nitrogen and oxygen atoms in total. The number of phenols is 1. The Labute approximate surface area is 242 Å². The number of nitrogens with zero attached hydrogens (tertiary/aromatic N) is 1. The highest BCUT2D eigenvalue weighted by atomic mass is 79.9. The van der Waals surface area contributed by atoms with Crippen LogP contribution < -0.4 is 11.1 Å². The summed E-state index contributed by atoms with van der Waals surface area (Å²) in [6.07, 6.45) is 0.159. The number of ketones is 2. The number of likely N-dealkylation sites (N-methyl/N-ethyl adjacent to an activating group) is 1. The molecule has 14 heteroatoms. The number of fused-ring (bicyclic) bond motifs is 3. The Morgan fingerprint density at radius 1 is 1.26 bits per heavy atom. The van der Waals surface area contributed by atoms with Crippen LogP contribution in [0.25, 0.3) is 0 Å². The smallest absolute Gasteiger partial charge is 0.255 e. The first-order chi connectivity index (χ1) is 17.3. The summed E-state index contributed by atoms with van der Waals surface area (Å²) in [5.74, 6) is -7.61. The first kappa shape index (κ1) is 30.2. The zero-order chi connectivity index (χ0) is 27.6. The van der Waals surface area contributed by atoms with E-state index in [1.54, 1.807) is 20.2 Å². The summed E-state index contributed by atoms with van der Waals surface area (Å²) in [6, 6.07) is 1.96. The number of alkyl halides is 1. The standard InChI is InChI=1S/C24H26BrN3O8S.BrH/c1-28(2)16-10-6-9-5-8-3-4-12(27-23(35)11(25)7-37)17(29)13(8)18(30)14(9)20(32)24(10,36)21(33)15(19(16)31)22(26)34;/h3-4,9-11,16,29,31-32,36-37H,5-7H2,1-2H3,(H2,26,34)(H,27,35);1H/t9?,10?,11?,16-,24?;/m0./s1. The minimum Gasteiger partial charge on any atom is -0.510 e. The van der Waals surface area contributed by atoms with Crippen LogP contribution in [0.5, 0.6) is 5.75 Å². The Bertz CT molecular complexity index is 1310. The van der Waals surface area contributed by atoms with E-state index in [9.17, 15) is 39.6 Å². The summed E-state index contributed by atoms with van der Waals surface area (Å²) in [6.45, 7) is 0. The molecule has 0 radical (unpaired) electrons. The highest BCUT2D eigenvalue weighted by Crippen LogP contribution is 2.52. The molecule has 5 atom stereocenters. The minimum absolute atomic E-state index is 0. The van der Waals surface area contributed by atoms with E-state index >= 15 is 0 Å². The Morgan fingerprint density at radius 2 is 1.89 bits per heavy atom. The monoisotopic (exact) mass is 675 g/mol. The number of aromatic hydroxyl groups is 1. The summed E-state index contributed by atoms with van der Waals surface area (Å²) < 4.78 is 0. The minimum atomic E-state index is -2.71. The maximum absolute atomic E-state index is 13.6. The molecule has 0 heterocycles. The van der Waals surface area contributed by atoms with Gasteiger partial charge >= 0.3 is 0 Å². The Balaban J connectivity index is 0.00000400. The number of phenolic OH excluding ortho intramolecular Hbond substituents is 1. The molecule has 2 amide bonds. The maximum Gasteiger partial charge on any atom is 0.255 e. The lowest BCUT2D eigenvalue weighted by Crippen LogP contribution is -2.63. The third-order valence-electron chi connectivity index (χ3n) is 7.30. The van der Waals surface area contributed by atoms with Gasteiger partial charge in [0.2, 0.25) is 11.7 Å². The number of allylic oxidation sites excluding steroid dienone is 1. The van der Waals surface area contributed by atoms with E-state index < -0.39 is 74.5 Å². The summed E-state index contributed by atoms with van der Waals surface area (Å²) >= 11 is 7.19. The number of hydrogen-bond donors (Lipinski definition) is 7. The van der Waals surface area contributed by atoms with Crippen LogP contribution >= 0.6 is 45.5 Å². The molecule has 0 saturated heterocycles. The van der Waals surface area contributed by atoms with Crippen LogP contribution in [-0.4, -0.2) is 85.0 Å². The van der Waals surface area contributed by atoms with E-state index in [-0.39, 0.29) is 52.4 Å². The zero-order valence-electron chi connectivity index (χ0n) is 20.3. The number of primary amides is 1. The molecule has 1 aromatic carbocycles. The fourth-order valence-electron chi connectivity index (χ4n) is 5.62. The average Bonchev–Trinajstić information content (AvgIpc) is 2.82. The highest BCUT2D eigenvalue weighted by molar-refractivity contribution is 9.10. The molecular weight excluding hydrogens is 650 g/mol. The van der Waals surface area contributed by atoms with Crippen molar-refractivity contribution < 1.29 is 39.6 Å². The van der Waals surface area contributed by atoms with Gasteiger partial charge in [-0.05, 0) is 44.5 Å². The summed E-state index contributed by atoms with van der Waals surface area (Å²) in [5.41, 5.74) is 1.69. The summed E-state index contributed by atoms with van der Waals surface area (Å²) in [5, 5.41) is 47.0. The van der Waals surface area contributed by atoms with Gasteiger partial charge in [0.25, 0.3) is 5.91 Å². The van der Waals surface area contributed by atoms with E-state index in [1.807, 2.05) is 0 Å². The lowest BCUT2D eigenvalue weighted by atomic mass is 9.58. The van der Waals surface area contributed by atoms with E-state index in [4.69, 9.17) is 5.73 Å². The largest absolute Gasteiger partial charge is 0.510 e. The van der Waals surface area contributed by atoms with Crippen molar-refractivity contribution in [2.45, 2.75) is 29.3 Å². The van der Waals surface area contributed by atoms with Gasteiger partial charge in [-0.3, -0.25) is 24.1 Å². The lowest BCUT2D eigenvalue weighted by Gasteiger charge is -2.50. The molecule has 4 unspecified atom stereocenters. The van der Waals surface area contributed by atoms with Gasteiger partial charge in [-0.1, -0.05) is 22.0 Å². The van der Waals surface area contributed by atoms with E-state index in [2.05, 4.69) is 33.9 Å². The molecule has 0 aromatic heterocycles. The average molecular weight is 677 g/mol. The number of aliphatic hydroxyl groups is 3. The third-order valence-corrected chi connectivity index (χ3v) is 8.90. The normalized spacial score (nSPS) is 27.3. The van der Waals surface area contributed by atoms with Crippen molar-refractivity contribution in [1.82, 2.24) is 4.90 Å². The topological polar surface area (TPSA) is 190 Å². The van der Waals surface area contributed by atoms with Gasteiger partial charge < -0.3 is 31.5 Å².